The van der Waals surface area contributed by atoms with Gasteiger partial charge in [0.1, 0.15) is 0 Å². The quantitative estimate of drug-likeness (QED) is 0.694. The first-order valence-electron chi connectivity index (χ1n) is 5.68. The van der Waals surface area contributed by atoms with Crippen LogP contribution < -0.4 is 5.73 Å². The molecule has 2 aliphatic rings. The van der Waals surface area contributed by atoms with Gasteiger partial charge >= 0.3 is 5.97 Å². The molecule has 0 spiro atoms. The lowest BCUT2D eigenvalue weighted by Gasteiger charge is -2.09. The van der Waals surface area contributed by atoms with Crippen LogP contribution in [0.2, 0.25) is 0 Å². The highest BCUT2D eigenvalue weighted by atomic mass is 16.5. The predicted molar refractivity (Wildman–Crippen MR) is 53.6 cm³/mol. The molecule has 2 saturated carbocycles. The maximum absolute atomic E-state index is 11.5. The van der Waals surface area contributed by atoms with Gasteiger partial charge in [0.25, 0.3) is 0 Å². The minimum atomic E-state index is -0.0152. The standard InChI is InChI=1S/C11H19NO2/c12-10-4-3-9(7-10)11(13)14-6-5-8-1-2-8/h8-10H,1-7,12H2/t9-,10+/m1/s1. The van der Waals surface area contributed by atoms with Gasteiger partial charge in [0.05, 0.1) is 12.5 Å². The van der Waals surface area contributed by atoms with Crippen LogP contribution >= 0.6 is 0 Å². The van der Waals surface area contributed by atoms with Gasteiger partial charge in [0, 0.05) is 6.04 Å². The first-order valence-corrected chi connectivity index (χ1v) is 5.68. The third-order valence-corrected chi connectivity index (χ3v) is 3.27. The van der Waals surface area contributed by atoms with Crippen LogP contribution in [0.5, 0.6) is 0 Å². The van der Waals surface area contributed by atoms with Gasteiger partial charge in [0.2, 0.25) is 0 Å². The summed E-state index contributed by atoms with van der Waals surface area (Å²) in [5.41, 5.74) is 5.74. The monoisotopic (exact) mass is 197 g/mol. The van der Waals surface area contributed by atoms with Gasteiger partial charge in [-0.1, -0.05) is 12.8 Å². The Morgan fingerprint density at radius 2 is 2.07 bits per heavy atom. The van der Waals surface area contributed by atoms with Crippen molar-refractivity contribution in [2.24, 2.45) is 17.6 Å². The van der Waals surface area contributed by atoms with Gasteiger partial charge in [-0.15, -0.1) is 0 Å². The maximum Gasteiger partial charge on any atom is 0.308 e. The van der Waals surface area contributed by atoms with Crippen molar-refractivity contribution in [3.63, 3.8) is 0 Å². The fourth-order valence-corrected chi connectivity index (χ4v) is 2.08. The minimum Gasteiger partial charge on any atom is -0.465 e. The molecule has 2 rings (SSSR count). The molecule has 0 unspecified atom stereocenters. The summed E-state index contributed by atoms with van der Waals surface area (Å²) in [7, 11) is 0. The van der Waals surface area contributed by atoms with Crippen LogP contribution in [-0.4, -0.2) is 18.6 Å². The van der Waals surface area contributed by atoms with Crippen molar-refractivity contribution in [3.05, 3.63) is 0 Å². The van der Waals surface area contributed by atoms with E-state index in [2.05, 4.69) is 0 Å². The first kappa shape index (κ1) is 9.97. The molecule has 2 atom stereocenters. The number of hydrogen-bond donors (Lipinski definition) is 1. The third kappa shape index (κ3) is 2.71. The zero-order valence-electron chi connectivity index (χ0n) is 8.58. The second-order valence-corrected chi connectivity index (χ2v) is 4.67. The van der Waals surface area contributed by atoms with E-state index in [1.54, 1.807) is 0 Å². The normalized spacial score (nSPS) is 31.8. The van der Waals surface area contributed by atoms with Crippen molar-refractivity contribution in [3.8, 4) is 0 Å². The fraction of sp³-hybridized carbons (Fsp3) is 0.909. The van der Waals surface area contributed by atoms with E-state index in [0.29, 0.717) is 6.61 Å². The zero-order chi connectivity index (χ0) is 9.97. The van der Waals surface area contributed by atoms with E-state index in [9.17, 15) is 4.79 Å². The van der Waals surface area contributed by atoms with Gasteiger partial charge in [0.15, 0.2) is 0 Å². The molecule has 3 heteroatoms. The molecule has 2 aliphatic carbocycles. The molecule has 0 aromatic rings. The second-order valence-electron chi connectivity index (χ2n) is 4.67. The lowest BCUT2D eigenvalue weighted by atomic mass is 10.1. The lowest BCUT2D eigenvalue weighted by molar-refractivity contribution is -0.148. The van der Waals surface area contributed by atoms with Crippen molar-refractivity contribution in [2.75, 3.05) is 6.61 Å². The minimum absolute atomic E-state index is 0.0152. The SMILES string of the molecule is N[C@H]1CC[C@@H](C(=O)OCCC2CC2)C1. The molecule has 0 bridgehead atoms. The van der Waals surface area contributed by atoms with Gasteiger partial charge in [-0.25, -0.2) is 0 Å². The Morgan fingerprint density at radius 1 is 1.29 bits per heavy atom. The summed E-state index contributed by atoms with van der Waals surface area (Å²) in [4.78, 5) is 11.5. The Morgan fingerprint density at radius 3 is 2.64 bits per heavy atom. The van der Waals surface area contributed by atoms with Crippen molar-refractivity contribution in [1.29, 1.82) is 0 Å². The number of carbonyl (C=O) groups is 1. The highest BCUT2D eigenvalue weighted by Gasteiger charge is 2.29. The van der Waals surface area contributed by atoms with Gasteiger partial charge in [-0.3, -0.25) is 4.79 Å². The molecule has 2 fully saturated rings. The molecule has 3 nitrogen and oxygen atoms in total. The van der Waals surface area contributed by atoms with Crippen LogP contribution in [-0.2, 0) is 9.53 Å². The van der Waals surface area contributed by atoms with Crippen molar-refractivity contribution >= 4 is 5.97 Å². The molecule has 2 N–H and O–H groups in total. The molecule has 0 radical (unpaired) electrons. The number of nitrogens with two attached hydrogens (primary N) is 1. The molecule has 0 aromatic heterocycles. The largest absolute Gasteiger partial charge is 0.465 e. The molecule has 0 heterocycles. The number of ether oxygens (including phenoxy) is 1. The summed E-state index contributed by atoms with van der Waals surface area (Å²) < 4.78 is 5.23. The van der Waals surface area contributed by atoms with Crippen LogP contribution in [0.3, 0.4) is 0 Å². The number of esters is 1. The topological polar surface area (TPSA) is 52.3 Å². The molecule has 0 amide bonds. The van der Waals surface area contributed by atoms with Crippen molar-refractivity contribution in [2.45, 2.75) is 44.6 Å². The molecular weight excluding hydrogens is 178 g/mol. The van der Waals surface area contributed by atoms with Crippen LogP contribution in [0, 0.1) is 11.8 Å². The Hall–Kier alpha value is -0.570. The predicted octanol–water partition coefficient (Wildman–Crippen LogP) is 1.46. The zero-order valence-corrected chi connectivity index (χ0v) is 8.58. The summed E-state index contributed by atoms with van der Waals surface area (Å²) >= 11 is 0. The molecular formula is C11H19NO2. The van der Waals surface area contributed by atoms with Gasteiger partial charge in [-0.2, -0.15) is 0 Å². The van der Waals surface area contributed by atoms with Gasteiger partial charge in [-0.05, 0) is 31.6 Å². The van der Waals surface area contributed by atoms with Crippen molar-refractivity contribution in [1.82, 2.24) is 0 Å². The smallest absolute Gasteiger partial charge is 0.308 e. The van der Waals surface area contributed by atoms with E-state index in [0.717, 1.165) is 31.6 Å². The van der Waals surface area contributed by atoms with E-state index in [1.807, 2.05) is 0 Å². The molecule has 0 saturated heterocycles. The van der Waals surface area contributed by atoms with E-state index in [1.165, 1.54) is 12.8 Å². The number of carbonyl (C=O) groups excluding carboxylic acids is 1. The summed E-state index contributed by atoms with van der Waals surface area (Å²) in [6, 6.07) is 0.219. The van der Waals surface area contributed by atoms with Gasteiger partial charge < -0.3 is 10.5 Å². The summed E-state index contributed by atoms with van der Waals surface area (Å²) in [6.45, 7) is 0.620. The lowest BCUT2D eigenvalue weighted by Crippen LogP contribution is -2.20. The average Bonchev–Trinajstić information content (AvgIpc) is 2.87. The number of rotatable bonds is 4. The van der Waals surface area contributed by atoms with E-state index >= 15 is 0 Å². The summed E-state index contributed by atoms with van der Waals surface area (Å²) in [5, 5.41) is 0. The van der Waals surface area contributed by atoms with Crippen LogP contribution in [0.1, 0.15) is 38.5 Å². The van der Waals surface area contributed by atoms with Crippen LogP contribution in [0.4, 0.5) is 0 Å². The fourth-order valence-electron chi connectivity index (χ4n) is 2.08. The van der Waals surface area contributed by atoms with E-state index < -0.39 is 0 Å². The van der Waals surface area contributed by atoms with Crippen LogP contribution in [0.15, 0.2) is 0 Å². The Labute approximate surface area is 85.0 Å². The van der Waals surface area contributed by atoms with E-state index in [4.69, 9.17) is 10.5 Å². The highest BCUT2D eigenvalue weighted by molar-refractivity contribution is 5.72. The first-order chi connectivity index (χ1) is 6.75. The molecule has 14 heavy (non-hydrogen) atoms. The Balaban J connectivity index is 1.61. The molecule has 0 aliphatic heterocycles. The Kier molecular flexibility index (Phi) is 3.06. The highest BCUT2D eigenvalue weighted by Crippen LogP contribution is 2.32. The Bertz CT molecular complexity index is 213. The van der Waals surface area contributed by atoms with E-state index in [-0.39, 0.29) is 17.9 Å². The van der Waals surface area contributed by atoms with Crippen molar-refractivity contribution < 1.29 is 9.53 Å². The number of hydrogen-bond acceptors (Lipinski definition) is 3. The summed E-state index contributed by atoms with van der Waals surface area (Å²) in [6.07, 6.45) is 6.43. The average molecular weight is 197 g/mol. The maximum atomic E-state index is 11.5. The summed E-state index contributed by atoms with van der Waals surface area (Å²) in [5.74, 6) is 0.913. The van der Waals surface area contributed by atoms with Crippen LogP contribution in [0.25, 0.3) is 0 Å². The second kappa shape index (κ2) is 4.30. The molecule has 80 valence electrons. The molecule has 0 aromatic carbocycles. The third-order valence-electron chi connectivity index (χ3n) is 3.27.